The number of carbonyl (C=O) groups excluding carboxylic acids is 1. The Balaban J connectivity index is 2.16. The van der Waals surface area contributed by atoms with E-state index in [1.807, 2.05) is 0 Å². The number of hydrogen-bond donors (Lipinski definition) is 2. The van der Waals surface area contributed by atoms with Crippen molar-refractivity contribution in [2.45, 2.75) is 53.1 Å². The molecule has 0 spiro atoms. The lowest BCUT2D eigenvalue weighted by Gasteiger charge is -2.32. The zero-order chi connectivity index (χ0) is 12.3. The SMILES string of the molecule is CC(CC(=O)NCC1CC(O)C1)C(C)(C)C. The molecule has 0 heterocycles. The molecule has 1 rings (SSSR count). The van der Waals surface area contributed by atoms with E-state index in [9.17, 15) is 4.79 Å². The van der Waals surface area contributed by atoms with E-state index in [0.29, 0.717) is 18.3 Å². The molecule has 0 saturated heterocycles. The Bertz CT molecular complexity index is 239. The molecule has 3 heteroatoms. The van der Waals surface area contributed by atoms with Crippen molar-refractivity contribution in [3.63, 3.8) is 0 Å². The molecule has 0 radical (unpaired) electrons. The lowest BCUT2D eigenvalue weighted by molar-refractivity contribution is -0.123. The Morgan fingerprint density at radius 1 is 1.44 bits per heavy atom. The van der Waals surface area contributed by atoms with Crippen LogP contribution in [0.3, 0.4) is 0 Å². The summed E-state index contributed by atoms with van der Waals surface area (Å²) < 4.78 is 0. The second-order valence-corrected chi connectivity index (χ2v) is 6.27. The van der Waals surface area contributed by atoms with Crippen LogP contribution in [0.25, 0.3) is 0 Å². The van der Waals surface area contributed by atoms with Gasteiger partial charge >= 0.3 is 0 Å². The molecule has 1 amide bonds. The number of carbonyl (C=O) groups is 1. The third-order valence-electron chi connectivity index (χ3n) is 3.77. The summed E-state index contributed by atoms with van der Waals surface area (Å²) in [6, 6.07) is 0. The monoisotopic (exact) mass is 227 g/mol. The van der Waals surface area contributed by atoms with Crippen LogP contribution in [0.2, 0.25) is 0 Å². The summed E-state index contributed by atoms with van der Waals surface area (Å²) in [5, 5.41) is 12.1. The Kier molecular flexibility index (Phi) is 4.36. The predicted octanol–water partition coefficient (Wildman–Crippen LogP) is 1.95. The number of hydrogen-bond acceptors (Lipinski definition) is 2. The van der Waals surface area contributed by atoms with Crippen LogP contribution in [0.15, 0.2) is 0 Å². The number of rotatable bonds is 4. The summed E-state index contributed by atoms with van der Waals surface area (Å²) in [5.74, 6) is 1.02. The van der Waals surface area contributed by atoms with E-state index >= 15 is 0 Å². The zero-order valence-electron chi connectivity index (χ0n) is 10.9. The minimum absolute atomic E-state index is 0.129. The Morgan fingerprint density at radius 2 is 2.00 bits per heavy atom. The molecule has 1 unspecified atom stereocenters. The average molecular weight is 227 g/mol. The van der Waals surface area contributed by atoms with Gasteiger partial charge in [-0.05, 0) is 30.1 Å². The molecule has 1 atom stereocenters. The summed E-state index contributed by atoms with van der Waals surface area (Å²) in [5.41, 5.74) is 0.185. The molecule has 16 heavy (non-hydrogen) atoms. The molecule has 0 aromatic rings. The third-order valence-corrected chi connectivity index (χ3v) is 3.77. The number of amides is 1. The summed E-state index contributed by atoms with van der Waals surface area (Å²) in [6.45, 7) is 9.33. The van der Waals surface area contributed by atoms with Crippen LogP contribution < -0.4 is 5.32 Å². The van der Waals surface area contributed by atoms with Gasteiger partial charge < -0.3 is 10.4 Å². The van der Waals surface area contributed by atoms with Crippen LogP contribution in [-0.2, 0) is 4.79 Å². The normalized spacial score (nSPS) is 27.1. The summed E-state index contributed by atoms with van der Waals surface area (Å²) >= 11 is 0. The van der Waals surface area contributed by atoms with Crippen LogP contribution >= 0.6 is 0 Å². The van der Waals surface area contributed by atoms with Crippen molar-refractivity contribution in [2.24, 2.45) is 17.3 Å². The van der Waals surface area contributed by atoms with Gasteiger partial charge in [0.2, 0.25) is 5.91 Å². The van der Waals surface area contributed by atoms with Crippen LogP contribution in [0.4, 0.5) is 0 Å². The summed E-state index contributed by atoms with van der Waals surface area (Å²) in [4.78, 5) is 11.7. The second-order valence-electron chi connectivity index (χ2n) is 6.27. The quantitative estimate of drug-likeness (QED) is 0.771. The van der Waals surface area contributed by atoms with Gasteiger partial charge in [-0.2, -0.15) is 0 Å². The van der Waals surface area contributed by atoms with E-state index in [-0.39, 0.29) is 17.4 Å². The van der Waals surface area contributed by atoms with Gasteiger partial charge in [-0.1, -0.05) is 27.7 Å². The van der Waals surface area contributed by atoms with E-state index in [4.69, 9.17) is 5.11 Å². The fraction of sp³-hybridized carbons (Fsp3) is 0.923. The van der Waals surface area contributed by atoms with Crippen molar-refractivity contribution >= 4 is 5.91 Å². The molecule has 1 aliphatic rings. The molecule has 3 nitrogen and oxygen atoms in total. The van der Waals surface area contributed by atoms with E-state index in [1.165, 1.54) is 0 Å². The zero-order valence-corrected chi connectivity index (χ0v) is 10.9. The lowest BCUT2D eigenvalue weighted by atomic mass is 9.80. The number of nitrogens with one attached hydrogen (secondary N) is 1. The van der Waals surface area contributed by atoms with E-state index in [0.717, 1.165) is 19.4 Å². The van der Waals surface area contributed by atoms with Crippen LogP contribution in [0, 0.1) is 17.3 Å². The number of aliphatic hydroxyl groups is 1. The van der Waals surface area contributed by atoms with Crippen molar-refractivity contribution in [1.29, 1.82) is 0 Å². The Morgan fingerprint density at radius 3 is 2.44 bits per heavy atom. The first-order valence-corrected chi connectivity index (χ1v) is 6.23. The van der Waals surface area contributed by atoms with E-state index in [1.54, 1.807) is 0 Å². The number of aliphatic hydroxyl groups excluding tert-OH is 1. The van der Waals surface area contributed by atoms with Gasteiger partial charge in [0.1, 0.15) is 0 Å². The van der Waals surface area contributed by atoms with Crippen LogP contribution in [-0.4, -0.2) is 23.7 Å². The molecular formula is C13H25NO2. The Labute approximate surface area is 98.6 Å². The maximum atomic E-state index is 11.7. The molecule has 1 fully saturated rings. The highest BCUT2D eigenvalue weighted by atomic mass is 16.3. The minimum atomic E-state index is -0.129. The average Bonchev–Trinajstić information content (AvgIpc) is 2.08. The van der Waals surface area contributed by atoms with Gasteiger partial charge in [-0.25, -0.2) is 0 Å². The third kappa shape index (κ3) is 4.12. The van der Waals surface area contributed by atoms with E-state index in [2.05, 4.69) is 33.0 Å². The first-order valence-electron chi connectivity index (χ1n) is 6.23. The molecule has 0 aromatic carbocycles. The van der Waals surface area contributed by atoms with Gasteiger partial charge in [-0.15, -0.1) is 0 Å². The molecule has 1 saturated carbocycles. The molecule has 0 aliphatic heterocycles. The standard InChI is InChI=1S/C13H25NO2/c1-9(13(2,3)4)5-12(16)14-8-10-6-11(15)7-10/h9-11,15H,5-8H2,1-4H3,(H,14,16). The molecule has 94 valence electrons. The molecule has 2 N–H and O–H groups in total. The highest BCUT2D eigenvalue weighted by Crippen LogP contribution is 2.28. The predicted molar refractivity (Wildman–Crippen MR) is 65.0 cm³/mol. The molecule has 0 aromatic heterocycles. The van der Waals surface area contributed by atoms with Crippen molar-refractivity contribution in [2.75, 3.05) is 6.54 Å². The Hall–Kier alpha value is -0.570. The van der Waals surface area contributed by atoms with Gasteiger partial charge in [0.25, 0.3) is 0 Å². The van der Waals surface area contributed by atoms with Crippen molar-refractivity contribution in [3.05, 3.63) is 0 Å². The maximum absolute atomic E-state index is 11.7. The topological polar surface area (TPSA) is 49.3 Å². The first kappa shape index (κ1) is 13.5. The first-order chi connectivity index (χ1) is 7.29. The highest BCUT2D eigenvalue weighted by molar-refractivity contribution is 5.76. The van der Waals surface area contributed by atoms with Crippen molar-refractivity contribution in [3.8, 4) is 0 Å². The van der Waals surface area contributed by atoms with Gasteiger partial charge in [0.15, 0.2) is 0 Å². The molecule has 1 aliphatic carbocycles. The molecular weight excluding hydrogens is 202 g/mol. The van der Waals surface area contributed by atoms with Gasteiger partial charge in [0, 0.05) is 13.0 Å². The fourth-order valence-corrected chi connectivity index (χ4v) is 1.78. The summed E-state index contributed by atoms with van der Waals surface area (Å²) in [6.07, 6.45) is 2.15. The lowest BCUT2D eigenvalue weighted by Crippen LogP contribution is -2.39. The van der Waals surface area contributed by atoms with Crippen molar-refractivity contribution in [1.82, 2.24) is 5.32 Å². The van der Waals surface area contributed by atoms with Gasteiger partial charge in [-0.3, -0.25) is 4.79 Å². The second kappa shape index (κ2) is 5.17. The smallest absolute Gasteiger partial charge is 0.220 e. The largest absolute Gasteiger partial charge is 0.393 e. The highest BCUT2D eigenvalue weighted by Gasteiger charge is 2.28. The van der Waals surface area contributed by atoms with Crippen LogP contribution in [0.1, 0.15) is 47.0 Å². The van der Waals surface area contributed by atoms with Crippen LogP contribution in [0.5, 0.6) is 0 Å². The van der Waals surface area contributed by atoms with Crippen molar-refractivity contribution < 1.29 is 9.90 Å². The molecule has 0 bridgehead atoms. The minimum Gasteiger partial charge on any atom is -0.393 e. The van der Waals surface area contributed by atoms with Gasteiger partial charge in [0.05, 0.1) is 6.10 Å². The summed E-state index contributed by atoms with van der Waals surface area (Å²) in [7, 11) is 0. The van der Waals surface area contributed by atoms with E-state index < -0.39 is 0 Å². The maximum Gasteiger partial charge on any atom is 0.220 e. The fourth-order valence-electron chi connectivity index (χ4n) is 1.78.